The van der Waals surface area contributed by atoms with Crippen molar-refractivity contribution < 1.29 is 14.3 Å². The van der Waals surface area contributed by atoms with E-state index in [0.29, 0.717) is 30.9 Å². The number of nitrogens with one attached hydrogen (secondary N) is 1. The Hall–Kier alpha value is -2.15. The van der Waals surface area contributed by atoms with Crippen molar-refractivity contribution in [3.8, 4) is 5.75 Å². The minimum absolute atomic E-state index is 0.121. The molecular weight excluding hydrogens is 422 g/mol. The van der Waals surface area contributed by atoms with Crippen molar-refractivity contribution in [2.24, 2.45) is 0 Å². The minimum Gasteiger partial charge on any atom is -0.508 e. The number of hydrogen-bond donors (Lipinski definition) is 2. The highest BCUT2D eigenvalue weighted by atomic mass is 79.9. The van der Waals surface area contributed by atoms with Crippen molar-refractivity contribution in [1.82, 2.24) is 5.32 Å². The summed E-state index contributed by atoms with van der Waals surface area (Å²) in [5, 5.41) is 14.5. The van der Waals surface area contributed by atoms with Gasteiger partial charge in [0.1, 0.15) is 11.3 Å². The normalized spacial score (nSPS) is 16.4. The molecule has 0 unspecified atom stereocenters. The van der Waals surface area contributed by atoms with E-state index in [-0.39, 0.29) is 11.3 Å². The van der Waals surface area contributed by atoms with Gasteiger partial charge in [-0.2, -0.15) is 0 Å². The molecule has 1 saturated heterocycles. The number of fused-ring (bicyclic) bond motifs is 1. The van der Waals surface area contributed by atoms with Crippen LogP contribution in [-0.2, 0) is 16.8 Å². The maximum Gasteiger partial charge on any atom is 0.336 e. The summed E-state index contributed by atoms with van der Waals surface area (Å²) in [5.41, 5.74) is 2.43. The third-order valence-electron chi connectivity index (χ3n) is 5.56. The number of hydrogen-bond acceptors (Lipinski definition) is 5. The lowest BCUT2D eigenvalue weighted by molar-refractivity contribution is 0.0358. The molecule has 0 amide bonds. The van der Waals surface area contributed by atoms with Crippen LogP contribution in [-0.4, -0.2) is 18.3 Å². The number of aromatic hydroxyl groups is 1. The number of aryl methyl sites for hydroxylation is 1. The van der Waals surface area contributed by atoms with E-state index in [0.717, 1.165) is 28.3 Å². The fourth-order valence-electron chi connectivity index (χ4n) is 3.90. The van der Waals surface area contributed by atoms with Gasteiger partial charge in [0.15, 0.2) is 0 Å². The lowest BCUT2D eigenvalue weighted by atomic mass is 9.82. The Kier molecular flexibility index (Phi) is 5.27. The van der Waals surface area contributed by atoms with Crippen LogP contribution in [0, 0.1) is 6.92 Å². The predicted molar refractivity (Wildman–Crippen MR) is 112 cm³/mol. The molecule has 2 aromatic carbocycles. The Morgan fingerprint density at radius 1 is 1.18 bits per heavy atom. The Labute approximate surface area is 171 Å². The molecule has 2 heterocycles. The van der Waals surface area contributed by atoms with E-state index < -0.39 is 5.63 Å². The average molecular weight is 444 g/mol. The molecular formula is C22H22BrNO4. The van der Waals surface area contributed by atoms with E-state index in [2.05, 4.69) is 33.4 Å². The molecule has 0 saturated carbocycles. The van der Waals surface area contributed by atoms with Crippen molar-refractivity contribution in [3.63, 3.8) is 0 Å². The van der Waals surface area contributed by atoms with E-state index >= 15 is 0 Å². The molecule has 5 nitrogen and oxygen atoms in total. The maximum absolute atomic E-state index is 12.1. The largest absolute Gasteiger partial charge is 0.508 e. The average Bonchev–Trinajstić information content (AvgIpc) is 2.70. The minimum atomic E-state index is -0.415. The number of benzene rings is 2. The van der Waals surface area contributed by atoms with Gasteiger partial charge in [-0.1, -0.05) is 28.1 Å². The second kappa shape index (κ2) is 7.70. The third kappa shape index (κ3) is 3.60. The van der Waals surface area contributed by atoms with Crippen molar-refractivity contribution >= 4 is 26.9 Å². The lowest BCUT2D eigenvalue weighted by Crippen LogP contribution is -2.46. The van der Waals surface area contributed by atoms with Gasteiger partial charge in [0.25, 0.3) is 0 Å². The highest BCUT2D eigenvalue weighted by Gasteiger charge is 2.34. The van der Waals surface area contributed by atoms with Crippen LogP contribution in [0.1, 0.15) is 29.5 Å². The Morgan fingerprint density at radius 3 is 2.71 bits per heavy atom. The zero-order valence-electron chi connectivity index (χ0n) is 15.6. The molecule has 0 spiro atoms. The topological polar surface area (TPSA) is 71.7 Å². The molecule has 2 N–H and O–H groups in total. The zero-order valence-corrected chi connectivity index (χ0v) is 17.2. The number of ether oxygens (including phenoxy) is 1. The maximum atomic E-state index is 12.1. The number of phenolic OH excluding ortho intramolecular Hbond substituents is 1. The van der Waals surface area contributed by atoms with Crippen LogP contribution in [0.4, 0.5) is 0 Å². The van der Waals surface area contributed by atoms with Crippen LogP contribution < -0.4 is 10.9 Å². The quantitative estimate of drug-likeness (QED) is 0.585. The zero-order chi connectivity index (χ0) is 19.7. The van der Waals surface area contributed by atoms with E-state index in [1.54, 1.807) is 19.1 Å². The van der Waals surface area contributed by atoms with Crippen molar-refractivity contribution in [3.05, 3.63) is 74.0 Å². The first kappa shape index (κ1) is 19.2. The Morgan fingerprint density at radius 2 is 1.96 bits per heavy atom. The monoisotopic (exact) mass is 443 g/mol. The Bertz CT molecular complexity index is 1070. The van der Waals surface area contributed by atoms with Crippen molar-refractivity contribution in [2.75, 3.05) is 13.2 Å². The number of rotatable bonds is 4. The smallest absolute Gasteiger partial charge is 0.336 e. The fourth-order valence-corrected chi connectivity index (χ4v) is 4.30. The lowest BCUT2D eigenvalue weighted by Gasteiger charge is -2.39. The molecule has 1 aliphatic rings. The fraction of sp³-hybridized carbons (Fsp3) is 0.318. The summed E-state index contributed by atoms with van der Waals surface area (Å²) in [4.78, 5) is 12.1. The van der Waals surface area contributed by atoms with Crippen LogP contribution in [0.25, 0.3) is 11.0 Å². The highest BCUT2D eigenvalue weighted by Crippen LogP contribution is 2.34. The standard InChI is InChI=1S/C22H22BrNO4/c1-14-19(25)6-5-18-15(11-20(26)28-21(14)18)13-24-22(7-9-27-10-8-22)16-3-2-4-17(23)12-16/h2-6,11-12,24-25H,7-10,13H2,1H3. The molecule has 146 valence electrons. The molecule has 28 heavy (non-hydrogen) atoms. The molecule has 1 aromatic heterocycles. The molecule has 1 aliphatic heterocycles. The summed E-state index contributed by atoms with van der Waals surface area (Å²) in [6, 6.07) is 13.3. The van der Waals surface area contributed by atoms with Gasteiger partial charge in [0, 0.05) is 46.8 Å². The SMILES string of the molecule is Cc1c(O)ccc2c(CNC3(c4cccc(Br)c4)CCOCC3)cc(=O)oc12. The van der Waals surface area contributed by atoms with Gasteiger partial charge < -0.3 is 19.6 Å². The van der Waals surface area contributed by atoms with E-state index in [4.69, 9.17) is 9.15 Å². The van der Waals surface area contributed by atoms with Crippen LogP contribution in [0.5, 0.6) is 5.75 Å². The van der Waals surface area contributed by atoms with Gasteiger partial charge in [-0.25, -0.2) is 4.79 Å². The summed E-state index contributed by atoms with van der Waals surface area (Å²) in [7, 11) is 0. The summed E-state index contributed by atoms with van der Waals surface area (Å²) < 4.78 is 12.0. The van der Waals surface area contributed by atoms with Crippen molar-refractivity contribution in [1.29, 1.82) is 0 Å². The van der Waals surface area contributed by atoms with Crippen LogP contribution in [0.15, 0.2) is 56.1 Å². The van der Waals surface area contributed by atoms with E-state index in [1.807, 2.05) is 12.1 Å². The summed E-state index contributed by atoms with van der Waals surface area (Å²) in [6.45, 7) is 3.63. The molecule has 3 aromatic rings. The highest BCUT2D eigenvalue weighted by molar-refractivity contribution is 9.10. The summed E-state index contributed by atoms with van der Waals surface area (Å²) in [6.07, 6.45) is 1.70. The second-order valence-corrected chi connectivity index (χ2v) is 8.15. The van der Waals surface area contributed by atoms with E-state index in [9.17, 15) is 9.90 Å². The summed E-state index contributed by atoms with van der Waals surface area (Å²) in [5.74, 6) is 0.121. The van der Waals surface area contributed by atoms with Gasteiger partial charge in [-0.15, -0.1) is 0 Å². The number of halogens is 1. The predicted octanol–water partition coefficient (Wildman–Crippen LogP) is 4.37. The molecule has 6 heteroatoms. The first-order chi connectivity index (χ1) is 13.5. The van der Waals surface area contributed by atoms with Crippen LogP contribution >= 0.6 is 15.9 Å². The van der Waals surface area contributed by atoms with E-state index in [1.165, 1.54) is 11.6 Å². The molecule has 4 rings (SSSR count). The van der Waals surface area contributed by atoms with Crippen LogP contribution in [0.3, 0.4) is 0 Å². The second-order valence-electron chi connectivity index (χ2n) is 7.24. The summed E-state index contributed by atoms with van der Waals surface area (Å²) >= 11 is 3.57. The number of phenols is 1. The van der Waals surface area contributed by atoms with Gasteiger partial charge in [-0.3, -0.25) is 0 Å². The molecule has 0 aliphatic carbocycles. The molecule has 0 atom stereocenters. The first-order valence-electron chi connectivity index (χ1n) is 9.33. The van der Waals surface area contributed by atoms with Gasteiger partial charge >= 0.3 is 5.63 Å². The van der Waals surface area contributed by atoms with Crippen molar-refractivity contribution in [2.45, 2.75) is 31.8 Å². The van der Waals surface area contributed by atoms with Crippen LogP contribution in [0.2, 0.25) is 0 Å². The molecule has 0 bridgehead atoms. The Balaban J connectivity index is 1.72. The van der Waals surface area contributed by atoms with Gasteiger partial charge in [0.05, 0.1) is 0 Å². The van der Waals surface area contributed by atoms with Gasteiger partial charge in [0.2, 0.25) is 0 Å². The first-order valence-corrected chi connectivity index (χ1v) is 10.1. The molecule has 0 radical (unpaired) electrons. The third-order valence-corrected chi connectivity index (χ3v) is 6.05. The molecule has 1 fully saturated rings. The van der Waals surface area contributed by atoms with Gasteiger partial charge in [-0.05, 0) is 55.2 Å².